The van der Waals surface area contributed by atoms with Crippen LogP contribution in [0.4, 0.5) is 5.69 Å². The third kappa shape index (κ3) is 6.52. The average Bonchev–Trinajstić information content (AvgIpc) is 3.11. The third-order valence-corrected chi connectivity index (χ3v) is 6.01. The van der Waals surface area contributed by atoms with Gasteiger partial charge in [0, 0.05) is 25.8 Å². The molecule has 0 aromatic heterocycles. The summed E-state index contributed by atoms with van der Waals surface area (Å²) in [4.78, 5) is 20.4. The first-order chi connectivity index (χ1) is 16.6. The second-order valence-corrected chi connectivity index (χ2v) is 8.52. The largest absolute Gasteiger partial charge is 0.490 e. The molecule has 1 aliphatic heterocycles. The lowest BCUT2D eigenvalue weighted by Gasteiger charge is -2.16. The Kier molecular flexibility index (Phi) is 9.79. The topological polar surface area (TPSA) is 60.4 Å². The number of carbonyl (C=O) groups excluding carboxylic acids is 1. The van der Waals surface area contributed by atoms with E-state index >= 15 is 0 Å². The van der Waals surface area contributed by atoms with E-state index in [1.807, 2.05) is 68.5 Å². The van der Waals surface area contributed by atoms with E-state index in [9.17, 15) is 4.79 Å². The van der Waals surface area contributed by atoms with Crippen LogP contribution in [0.15, 0.2) is 65.0 Å². The second kappa shape index (κ2) is 13.0. The Morgan fingerprint density at radius 2 is 1.88 bits per heavy atom. The number of hydrogen-bond donors (Lipinski definition) is 0. The number of benzene rings is 2. The molecular formula is C27H32N2O4S. The number of amidine groups is 1. The Balaban J connectivity index is 1.99. The van der Waals surface area contributed by atoms with Crippen LogP contribution >= 0.6 is 11.8 Å². The van der Waals surface area contributed by atoms with E-state index in [-0.39, 0.29) is 5.91 Å². The highest BCUT2D eigenvalue weighted by molar-refractivity contribution is 8.18. The van der Waals surface area contributed by atoms with Crippen molar-refractivity contribution < 1.29 is 19.0 Å². The molecule has 1 amide bonds. The van der Waals surface area contributed by atoms with Gasteiger partial charge in [-0.15, -0.1) is 6.58 Å². The van der Waals surface area contributed by atoms with Gasteiger partial charge >= 0.3 is 0 Å². The molecule has 1 aliphatic rings. The van der Waals surface area contributed by atoms with E-state index in [0.717, 1.165) is 29.0 Å². The maximum absolute atomic E-state index is 13.3. The van der Waals surface area contributed by atoms with E-state index in [1.165, 1.54) is 11.8 Å². The molecule has 0 saturated carbocycles. The van der Waals surface area contributed by atoms with Gasteiger partial charge in [0.05, 0.1) is 23.8 Å². The molecule has 0 radical (unpaired) electrons. The van der Waals surface area contributed by atoms with Crippen LogP contribution in [0.25, 0.3) is 6.08 Å². The zero-order valence-electron chi connectivity index (χ0n) is 20.1. The fraction of sp³-hybridized carbons (Fsp3) is 0.333. The fourth-order valence-corrected chi connectivity index (χ4v) is 4.59. The lowest BCUT2D eigenvalue weighted by Crippen LogP contribution is -2.30. The van der Waals surface area contributed by atoms with Crippen LogP contribution in [-0.4, -0.2) is 49.4 Å². The van der Waals surface area contributed by atoms with E-state index < -0.39 is 0 Å². The summed E-state index contributed by atoms with van der Waals surface area (Å²) in [6.07, 6.45) is 5.10. The highest BCUT2D eigenvalue weighted by atomic mass is 32.2. The Hall–Kier alpha value is -3.03. The van der Waals surface area contributed by atoms with Crippen molar-refractivity contribution in [2.75, 3.05) is 33.5 Å². The first-order valence-electron chi connectivity index (χ1n) is 11.5. The predicted molar refractivity (Wildman–Crippen MR) is 140 cm³/mol. The van der Waals surface area contributed by atoms with E-state index in [1.54, 1.807) is 12.0 Å². The summed E-state index contributed by atoms with van der Waals surface area (Å²) in [6, 6.07) is 13.6. The number of carbonyl (C=O) groups is 1. The quantitative estimate of drug-likeness (QED) is 0.217. The first-order valence-corrected chi connectivity index (χ1v) is 12.3. The molecule has 0 N–H and O–H groups in total. The number of thioether (sulfide) groups is 1. The van der Waals surface area contributed by atoms with Crippen LogP contribution in [0.2, 0.25) is 0 Å². The van der Waals surface area contributed by atoms with Gasteiger partial charge in [0.2, 0.25) is 0 Å². The van der Waals surface area contributed by atoms with Crippen molar-refractivity contribution >= 4 is 34.6 Å². The molecule has 34 heavy (non-hydrogen) atoms. The maximum Gasteiger partial charge on any atom is 0.266 e. The fourth-order valence-electron chi connectivity index (χ4n) is 3.56. The van der Waals surface area contributed by atoms with Crippen LogP contribution in [-0.2, 0) is 16.0 Å². The summed E-state index contributed by atoms with van der Waals surface area (Å²) < 4.78 is 16.9. The number of amides is 1. The summed E-state index contributed by atoms with van der Waals surface area (Å²) in [5, 5.41) is 0.667. The van der Waals surface area contributed by atoms with Gasteiger partial charge < -0.3 is 14.2 Å². The number of rotatable bonds is 12. The molecule has 7 heteroatoms. The Morgan fingerprint density at radius 1 is 1.12 bits per heavy atom. The number of nitrogens with zero attached hydrogens (tertiary/aromatic N) is 2. The van der Waals surface area contributed by atoms with Crippen molar-refractivity contribution in [3.05, 3.63) is 71.2 Å². The molecule has 1 fully saturated rings. The molecule has 2 aromatic carbocycles. The molecular weight excluding hydrogens is 448 g/mol. The van der Waals surface area contributed by atoms with Gasteiger partial charge in [-0.2, -0.15) is 0 Å². The lowest BCUT2D eigenvalue weighted by molar-refractivity contribution is -0.122. The minimum absolute atomic E-state index is 0.0621. The molecule has 6 nitrogen and oxygen atoms in total. The molecule has 1 heterocycles. The van der Waals surface area contributed by atoms with Gasteiger partial charge in [0.15, 0.2) is 16.7 Å². The Labute approximate surface area is 206 Å². The SMILES string of the molecule is C=CCc1cc(/C=C2\SC(=Nc3ccccc3)N(CCCOC)C2=O)cc(OCC)c1OCC. The molecule has 0 atom stereocenters. The molecule has 0 unspecified atom stereocenters. The van der Waals surface area contributed by atoms with Crippen molar-refractivity contribution in [2.24, 2.45) is 4.99 Å². The average molecular weight is 481 g/mol. The van der Waals surface area contributed by atoms with Crippen LogP contribution in [0.3, 0.4) is 0 Å². The van der Waals surface area contributed by atoms with E-state index in [4.69, 9.17) is 19.2 Å². The number of aliphatic imine (C=N–C) groups is 1. The molecule has 0 aliphatic carbocycles. The Morgan fingerprint density at radius 3 is 2.56 bits per heavy atom. The van der Waals surface area contributed by atoms with Crippen molar-refractivity contribution in [2.45, 2.75) is 26.7 Å². The number of hydrogen-bond acceptors (Lipinski definition) is 6. The van der Waals surface area contributed by atoms with Gasteiger partial charge in [-0.3, -0.25) is 9.69 Å². The predicted octanol–water partition coefficient (Wildman–Crippen LogP) is 5.85. The standard InChI is InChI=1S/C27H32N2O4S/c1-5-12-21-17-20(18-23(32-6-2)25(21)33-7-3)19-24-26(30)29(15-11-16-31-4)27(34-24)28-22-13-9-8-10-14-22/h5,8-10,13-14,17-19H,1,6-7,11-12,15-16H2,2-4H3/b24-19-,28-27?. The van der Waals surface area contributed by atoms with Gasteiger partial charge in [0.1, 0.15) is 0 Å². The van der Waals surface area contributed by atoms with E-state index in [2.05, 4.69) is 6.58 Å². The minimum Gasteiger partial charge on any atom is -0.490 e. The van der Waals surface area contributed by atoms with Crippen LogP contribution < -0.4 is 9.47 Å². The van der Waals surface area contributed by atoms with Crippen LogP contribution in [0, 0.1) is 0 Å². The zero-order valence-corrected chi connectivity index (χ0v) is 20.9. The smallest absolute Gasteiger partial charge is 0.266 e. The minimum atomic E-state index is -0.0621. The van der Waals surface area contributed by atoms with Gasteiger partial charge in [0.25, 0.3) is 5.91 Å². The summed E-state index contributed by atoms with van der Waals surface area (Å²) in [5.41, 5.74) is 2.65. The van der Waals surface area contributed by atoms with Crippen LogP contribution in [0.1, 0.15) is 31.4 Å². The van der Waals surface area contributed by atoms with Gasteiger partial charge in [-0.05, 0) is 74.4 Å². The van der Waals surface area contributed by atoms with Crippen molar-refractivity contribution in [1.82, 2.24) is 4.90 Å². The van der Waals surface area contributed by atoms with Crippen molar-refractivity contribution in [1.29, 1.82) is 0 Å². The lowest BCUT2D eigenvalue weighted by atomic mass is 10.0. The van der Waals surface area contributed by atoms with Crippen molar-refractivity contribution in [3.8, 4) is 11.5 Å². The third-order valence-electron chi connectivity index (χ3n) is 5.00. The Bertz CT molecular complexity index is 1050. The number of ether oxygens (including phenoxy) is 3. The molecule has 0 bridgehead atoms. The number of allylic oxidation sites excluding steroid dienone is 1. The molecule has 180 valence electrons. The highest BCUT2D eigenvalue weighted by Gasteiger charge is 2.33. The molecule has 0 spiro atoms. The second-order valence-electron chi connectivity index (χ2n) is 7.51. The van der Waals surface area contributed by atoms with Gasteiger partial charge in [-0.1, -0.05) is 24.3 Å². The maximum atomic E-state index is 13.3. The van der Waals surface area contributed by atoms with Crippen LogP contribution in [0.5, 0.6) is 11.5 Å². The first kappa shape index (κ1) is 25.6. The van der Waals surface area contributed by atoms with Crippen molar-refractivity contribution in [3.63, 3.8) is 0 Å². The summed E-state index contributed by atoms with van der Waals surface area (Å²) in [7, 11) is 1.66. The zero-order chi connectivity index (χ0) is 24.3. The molecule has 3 rings (SSSR count). The van der Waals surface area contributed by atoms with Gasteiger partial charge in [-0.25, -0.2) is 4.99 Å². The molecule has 1 saturated heterocycles. The highest BCUT2D eigenvalue weighted by Crippen LogP contribution is 2.38. The summed E-state index contributed by atoms with van der Waals surface area (Å²) in [6.45, 7) is 9.93. The normalized spacial score (nSPS) is 15.9. The monoisotopic (exact) mass is 480 g/mol. The number of para-hydroxylation sites is 1. The molecule has 2 aromatic rings. The summed E-state index contributed by atoms with van der Waals surface area (Å²) >= 11 is 1.38. The van der Waals surface area contributed by atoms with E-state index in [0.29, 0.717) is 48.6 Å². The number of methoxy groups -OCH3 is 1. The summed E-state index contributed by atoms with van der Waals surface area (Å²) in [5.74, 6) is 1.33.